The highest BCUT2D eigenvalue weighted by atomic mass is 35.5. The van der Waals surface area contributed by atoms with Gasteiger partial charge in [0.15, 0.2) is 0 Å². The topological polar surface area (TPSA) is 62.7 Å². The number of hydrogen-bond donors (Lipinski definition) is 0. The number of pyridine rings is 1. The van der Waals surface area contributed by atoms with E-state index in [1.165, 1.54) is 0 Å². The molecule has 0 saturated carbocycles. The summed E-state index contributed by atoms with van der Waals surface area (Å²) in [6.07, 6.45) is 4.68. The summed E-state index contributed by atoms with van der Waals surface area (Å²) in [5.41, 5.74) is 3.61. The molecule has 0 unspecified atom stereocenters. The molecule has 4 rings (SSSR count). The Bertz CT molecular complexity index is 978. The number of ether oxygens (including phenoxy) is 1. The molecule has 160 valence electrons. The number of amides is 2. The summed E-state index contributed by atoms with van der Waals surface area (Å²) in [5.74, 6) is -0.0402. The van der Waals surface area contributed by atoms with E-state index in [0.717, 1.165) is 59.3 Å². The maximum Gasteiger partial charge on any atom is 0.409 e. The van der Waals surface area contributed by atoms with Gasteiger partial charge in [0.2, 0.25) is 0 Å². The SMILES string of the molecule is CCCOC(=O)N1CCN(C(=O)c2ccc3c(Cl)c4c(nc3c2)CCCC4)[C@@H](C)C1. The van der Waals surface area contributed by atoms with Crippen LogP contribution >= 0.6 is 11.6 Å². The molecule has 1 atom stereocenters. The second-order valence-electron chi connectivity index (χ2n) is 8.20. The Balaban J connectivity index is 1.53. The number of carbonyl (C=O) groups excluding carboxylic acids is 2. The molecule has 1 aliphatic carbocycles. The summed E-state index contributed by atoms with van der Waals surface area (Å²) < 4.78 is 5.23. The Hall–Kier alpha value is -2.34. The van der Waals surface area contributed by atoms with E-state index < -0.39 is 0 Å². The van der Waals surface area contributed by atoms with Crippen molar-refractivity contribution in [2.45, 2.75) is 52.0 Å². The Kier molecular flexibility index (Phi) is 6.14. The molecule has 2 aromatic rings. The van der Waals surface area contributed by atoms with E-state index in [1.54, 1.807) is 4.90 Å². The first-order chi connectivity index (χ1) is 14.5. The van der Waals surface area contributed by atoms with Crippen molar-refractivity contribution >= 4 is 34.5 Å². The lowest BCUT2D eigenvalue weighted by molar-refractivity contribution is 0.0414. The fraction of sp³-hybridized carbons (Fsp3) is 0.522. The summed E-state index contributed by atoms with van der Waals surface area (Å²) >= 11 is 6.66. The summed E-state index contributed by atoms with van der Waals surface area (Å²) in [5, 5.41) is 1.69. The van der Waals surface area contributed by atoms with Gasteiger partial charge in [0, 0.05) is 42.3 Å². The highest BCUT2D eigenvalue weighted by Crippen LogP contribution is 2.33. The van der Waals surface area contributed by atoms with Crippen LogP contribution in [0, 0.1) is 0 Å². The monoisotopic (exact) mass is 429 g/mol. The molecule has 2 heterocycles. The highest BCUT2D eigenvalue weighted by molar-refractivity contribution is 6.36. The van der Waals surface area contributed by atoms with Gasteiger partial charge in [0.25, 0.3) is 5.91 Å². The van der Waals surface area contributed by atoms with Crippen LogP contribution in [0.5, 0.6) is 0 Å². The zero-order valence-electron chi connectivity index (χ0n) is 17.6. The minimum Gasteiger partial charge on any atom is -0.449 e. The number of rotatable bonds is 3. The van der Waals surface area contributed by atoms with Crippen molar-refractivity contribution in [2.75, 3.05) is 26.2 Å². The number of piperazine rings is 1. The molecule has 1 fully saturated rings. The van der Waals surface area contributed by atoms with Crippen molar-refractivity contribution in [3.63, 3.8) is 0 Å². The van der Waals surface area contributed by atoms with Gasteiger partial charge < -0.3 is 14.5 Å². The average Bonchev–Trinajstić information content (AvgIpc) is 2.76. The maximum atomic E-state index is 13.2. The van der Waals surface area contributed by atoms with Crippen molar-refractivity contribution in [1.29, 1.82) is 0 Å². The number of halogens is 1. The van der Waals surface area contributed by atoms with Crippen LogP contribution in [0.2, 0.25) is 5.02 Å². The van der Waals surface area contributed by atoms with E-state index in [1.807, 2.05) is 36.9 Å². The first-order valence-electron chi connectivity index (χ1n) is 10.8. The van der Waals surface area contributed by atoms with E-state index >= 15 is 0 Å². The van der Waals surface area contributed by atoms with Crippen LogP contribution in [-0.4, -0.2) is 59.1 Å². The Labute approximate surface area is 182 Å². The van der Waals surface area contributed by atoms with Crippen molar-refractivity contribution in [3.05, 3.63) is 40.0 Å². The highest BCUT2D eigenvalue weighted by Gasteiger charge is 2.31. The van der Waals surface area contributed by atoms with Gasteiger partial charge in [-0.05, 0) is 56.7 Å². The smallest absolute Gasteiger partial charge is 0.409 e. The van der Waals surface area contributed by atoms with Crippen molar-refractivity contribution in [1.82, 2.24) is 14.8 Å². The number of benzene rings is 1. The maximum absolute atomic E-state index is 13.2. The fourth-order valence-corrected chi connectivity index (χ4v) is 4.73. The van der Waals surface area contributed by atoms with E-state index in [0.29, 0.717) is 31.8 Å². The van der Waals surface area contributed by atoms with E-state index in [4.69, 9.17) is 21.3 Å². The summed E-state index contributed by atoms with van der Waals surface area (Å²) in [4.78, 5) is 33.7. The first kappa shape index (κ1) is 20.9. The minimum atomic E-state index is -0.301. The Morgan fingerprint density at radius 3 is 2.80 bits per heavy atom. The second kappa shape index (κ2) is 8.80. The minimum absolute atomic E-state index is 0.0402. The molecule has 7 heteroatoms. The van der Waals surface area contributed by atoms with Crippen LogP contribution in [-0.2, 0) is 17.6 Å². The van der Waals surface area contributed by atoms with Crippen LogP contribution in [0.15, 0.2) is 18.2 Å². The third-order valence-corrected chi connectivity index (χ3v) is 6.45. The van der Waals surface area contributed by atoms with Gasteiger partial charge in [-0.2, -0.15) is 0 Å². The Morgan fingerprint density at radius 2 is 2.03 bits per heavy atom. The first-order valence-corrected chi connectivity index (χ1v) is 11.2. The van der Waals surface area contributed by atoms with Crippen LogP contribution in [0.25, 0.3) is 10.9 Å². The van der Waals surface area contributed by atoms with Gasteiger partial charge in [-0.15, -0.1) is 0 Å². The quantitative estimate of drug-likeness (QED) is 0.722. The van der Waals surface area contributed by atoms with Crippen LogP contribution in [0.4, 0.5) is 4.79 Å². The average molecular weight is 430 g/mol. The lowest BCUT2D eigenvalue weighted by Crippen LogP contribution is -2.55. The van der Waals surface area contributed by atoms with Crippen molar-refractivity contribution < 1.29 is 14.3 Å². The molecule has 1 saturated heterocycles. The molecule has 30 heavy (non-hydrogen) atoms. The fourth-order valence-electron chi connectivity index (χ4n) is 4.37. The molecule has 0 spiro atoms. The van der Waals surface area contributed by atoms with Gasteiger partial charge in [-0.3, -0.25) is 9.78 Å². The van der Waals surface area contributed by atoms with Crippen molar-refractivity contribution in [3.8, 4) is 0 Å². The van der Waals surface area contributed by atoms with Crippen LogP contribution in [0.1, 0.15) is 54.7 Å². The standard InChI is InChI=1S/C23H28ClN3O3/c1-3-12-30-23(29)26-10-11-27(15(2)14-26)22(28)16-8-9-18-20(13-16)25-19-7-5-4-6-17(19)21(18)24/h8-9,13,15H,3-7,10-12,14H2,1-2H3/t15-/m0/s1. The summed E-state index contributed by atoms with van der Waals surface area (Å²) in [6.45, 7) is 5.78. The Morgan fingerprint density at radius 1 is 1.23 bits per heavy atom. The van der Waals surface area contributed by atoms with Crippen LogP contribution in [0.3, 0.4) is 0 Å². The lowest BCUT2D eigenvalue weighted by Gasteiger charge is -2.39. The molecule has 2 aliphatic rings. The number of nitrogens with zero attached hydrogens (tertiary/aromatic N) is 3. The van der Waals surface area contributed by atoms with E-state index in [9.17, 15) is 9.59 Å². The molecule has 0 bridgehead atoms. The molecular weight excluding hydrogens is 402 g/mol. The number of carbonyl (C=O) groups is 2. The van der Waals surface area contributed by atoms with E-state index in [-0.39, 0.29) is 18.0 Å². The predicted octanol–water partition coefficient (Wildman–Crippen LogP) is 4.46. The van der Waals surface area contributed by atoms with Gasteiger partial charge >= 0.3 is 6.09 Å². The zero-order valence-corrected chi connectivity index (χ0v) is 18.4. The molecule has 1 aromatic heterocycles. The summed E-state index contributed by atoms with van der Waals surface area (Å²) in [7, 11) is 0. The molecule has 6 nitrogen and oxygen atoms in total. The molecule has 0 N–H and O–H groups in total. The second-order valence-corrected chi connectivity index (χ2v) is 8.58. The number of fused-ring (bicyclic) bond motifs is 2. The van der Waals surface area contributed by atoms with Gasteiger partial charge in [0.05, 0.1) is 17.1 Å². The third-order valence-electron chi connectivity index (χ3n) is 6.02. The van der Waals surface area contributed by atoms with Crippen LogP contribution < -0.4 is 0 Å². The molecule has 0 radical (unpaired) electrons. The third kappa shape index (κ3) is 3.97. The predicted molar refractivity (Wildman–Crippen MR) is 117 cm³/mol. The molecule has 1 aromatic carbocycles. The number of hydrogen-bond acceptors (Lipinski definition) is 4. The van der Waals surface area contributed by atoms with Crippen molar-refractivity contribution in [2.24, 2.45) is 0 Å². The molecule has 1 aliphatic heterocycles. The largest absolute Gasteiger partial charge is 0.449 e. The molecule has 2 amide bonds. The molecular formula is C23H28ClN3O3. The van der Waals surface area contributed by atoms with E-state index in [2.05, 4.69) is 0 Å². The van der Waals surface area contributed by atoms with Gasteiger partial charge in [-0.25, -0.2) is 4.79 Å². The zero-order chi connectivity index (χ0) is 21.3. The number of aryl methyl sites for hydroxylation is 1. The van der Waals surface area contributed by atoms with Gasteiger partial charge in [-0.1, -0.05) is 24.6 Å². The van der Waals surface area contributed by atoms with Gasteiger partial charge in [0.1, 0.15) is 0 Å². The normalized spacial score (nSPS) is 19.0. The summed E-state index contributed by atoms with van der Waals surface area (Å²) in [6, 6.07) is 5.52. The lowest BCUT2D eigenvalue weighted by atomic mass is 9.94. The number of aromatic nitrogens is 1.